The second kappa shape index (κ2) is 14.8. The van der Waals surface area contributed by atoms with Gasteiger partial charge in [-0.1, -0.05) is 32.1 Å². The Morgan fingerprint density at radius 2 is 1.69 bits per heavy atom. The molecule has 4 fully saturated rings. The highest BCUT2D eigenvalue weighted by Gasteiger charge is 2.62. The van der Waals surface area contributed by atoms with Crippen LogP contribution in [0.4, 0.5) is 4.79 Å². The van der Waals surface area contributed by atoms with Crippen molar-refractivity contribution in [3.8, 4) is 17.3 Å². The van der Waals surface area contributed by atoms with E-state index in [0.29, 0.717) is 48.5 Å². The number of carbonyl (C=O) groups is 4. The maximum absolute atomic E-state index is 14.5. The lowest BCUT2D eigenvalue weighted by Crippen LogP contribution is -2.56. The number of carbonyl (C=O) groups excluding carboxylic acids is 3. The normalized spacial score (nSPS) is 27.4. The van der Waals surface area contributed by atoms with Crippen LogP contribution in [0.2, 0.25) is 0 Å². The molecule has 2 aromatic heterocycles. The number of methoxy groups -OCH3 is 1. The second-order valence-corrected chi connectivity index (χ2v) is 14.5. The average Bonchev–Trinajstić information content (AvgIpc) is 3.61. The first kappa shape index (κ1) is 34.6. The lowest BCUT2D eigenvalue weighted by molar-refractivity contribution is -0.146. The molecule has 3 N–H and O–H groups in total. The number of benzene rings is 1. The third kappa shape index (κ3) is 7.48. The first-order valence-corrected chi connectivity index (χ1v) is 18.4. The Labute approximate surface area is 297 Å². The molecule has 3 amide bonds. The van der Waals surface area contributed by atoms with Gasteiger partial charge in [-0.05, 0) is 75.1 Å². The Morgan fingerprint density at radius 1 is 0.961 bits per heavy atom. The molecule has 3 aromatic rings. The number of amides is 3. The standard InChI is InChI=1S/C38H47N5O8/c1-49-26-15-16-28-30(19-26)39-33(42-17-9-10-18-42)21-32(28)50-27-20-31-34(44)41-38(36(46)47)22-24(38)11-5-3-2-4-6-14-29(35(45)43(31)23-27)40-37(48)51-25-12-7-8-13-25/h9-10,15-19,21,24-25,27,29,31H,2-8,11-14,20,22-23H2,1H3,(H,40,48)(H,41,44)(H,46,47)/t24?,27-,29+,31+,38-/m1/s1. The molecule has 13 nitrogen and oxygen atoms in total. The number of nitrogens with zero attached hydrogens (tertiary/aromatic N) is 3. The van der Waals surface area contributed by atoms with Gasteiger partial charge in [0.25, 0.3) is 0 Å². The summed E-state index contributed by atoms with van der Waals surface area (Å²) in [4.78, 5) is 60.5. The van der Waals surface area contributed by atoms with Crippen LogP contribution >= 0.6 is 0 Å². The zero-order valence-electron chi connectivity index (χ0n) is 29.1. The van der Waals surface area contributed by atoms with Gasteiger partial charge in [-0.15, -0.1) is 0 Å². The zero-order valence-corrected chi connectivity index (χ0v) is 29.1. The molecule has 1 unspecified atom stereocenters. The van der Waals surface area contributed by atoms with Gasteiger partial charge in [-0.25, -0.2) is 14.6 Å². The molecule has 13 heteroatoms. The summed E-state index contributed by atoms with van der Waals surface area (Å²) in [6.07, 6.45) is 11.9. The third-order valence-electron chi connectivity index (χ3n) is 11.0. The summed E-state index contributed by atoms with van der Waals surface area (Å²) < 4.78 is 19.6. The molecule has 2 saturated heterocycles. The lowest BCUT2D eigenvalue weighted by Gasteiger charge is -2.29. The quantitative estimate of drug-likeness (QED) is 0.304. The van der Waals surface area contributed by atoms with Gasteiger partial charge in [0.1, 0.15) is 47.1 Å². The maximum Gasteiger partial charge on any atom is 0.408 e. The van der Waals surface area contributed by atoms with Crippen molar-refractivity contribution in [2.45, 2.75) is 113 Å². The first-order valence-electron chi connectivity index (χ1n) is 18.4. The fourth-order valence-electron chi connectivity index (χ4n) is 8.07. The van der Waals surface area contributed by atoms with Gasteiger partial charge < -0.3 is 39.4 Å². The van der Waals surface area contributed by atoms with E-state index in [1.807, 2.05) is 53.4 Å². The van der Waals surface area contributed by atoms with Crippen molar-refractivity contribution in [3.05, 3.63) is 48.8 Å². The number of fused-ring (bicyclic) bond motifs is 3. The van der Waals surface area contributed by atoms with Gasteiger partial charge in [0, 0.05) is 36.3 Å². The number of hydrogen-bond acceptors (Lipinski definition) is 8. The summed E-state index contributed by atoms with van der Waals surface area (Å²) in [6.45, 7) is 0.0646. The Kier molecular flexibility index (Phi) is 10.1. The van der Waals surface area contributed by atoms with Crippen LogP contribution in [-0.2, 0) is 19.1 Å². The molecule has 1 aromatic carbocycles. The van der Waals surface area contributed by atoms with E-state index >= 15 is 0 Å². The van der Waals surface area contributed by atoms with Crippen molar-refractivity contribution >= 4 is 34.8 Å². The monoisotopic (exact) mass is 701 g/mol. The molecule has 0 radical (unpaired) electrons. The first-order chi connectivity index (χ1) is 24.7. The molecule has 7 rings (SSSR count). The smallest absolute Gasteiger partial charge is 0.408 e. The van der Waals surface area contributed by atoms with Crippen LogP contribution in [0.3, 0.4) is 0 Å². The highest BCUT2D eigenvalue weighted by atomic mass is 16.6. The molecule has 5 atom stereocenters. The Bertz CT molecular complexity index is 1760. The van der Waals surface area contributed by atoms with Gasteiger partial charge in [-0.2, -0.15) is 0 Å². The molecule has 0 spiro atoms. The summed E-state index contributed by atoms with van der Waals surface area (Å²) in [7, 11) is 1.59. The highest BCUT2D eigenvalue weighted by Crippen LogP contribution is 2.47. The van der Waals surface area contributed by atoms with Gasteiger partial charge in [0.05, 0.1) is 19.2 Å². The maximum atomic E-state index is 14.5. The predicted octanol–water partition coefficient (Wildman–Crippen LogP) is 5.12. The van der Waals surface area contributed by atoms with Crippen molar-refractivity contribution in [1.82, 2.24) is 25.1 Å². The number of carboxylic acids is 1. The van der Waals surface area contributed by atoms with Crippen LogP contribution in [0.25, 0.3) is 16.7 Å². The van der Waals surface area contributed by atoms with E-state index < -0.39 is 47.6 Å². The number of hydrogen-bond donors (Lipinski definition) is 3. The number of aliphatic carboxylic acids is 1. The number of alkyl carbamates (subject to hydrolysis) is 1. The Balaban J connectivity index is 1.19. The number of carboxylic acid groups (broad SMARTS) is 1. The predicted molar refractivity (Wildman–Crippen MR) is 187 cm³/mol. The summed E-state index contributed by atoms with van der Waals surface area (Å²) in [5.41, 5.74) is -0.704. The van der Waals surface area contributed by atoms with Gasteiger partial charge in [0.15, 0.2) is 0 Å². The van der Waals surface area contributed by atoms with Crippen LogP contribution in [0.5, 0.6) is 11.5 Å². The largest absolute Gasteiger partial charge is 0.497 e. The van der Waals surface area contributed by atoms with E-state index in [0.717, 1.165) is 56.8 Å². The molecular formula is C38H47N5O8. The van der Waals surface area contributed by atoms with Crippen molar-refractivity contribution in [1.29, 1.82) is 0 Å². The number of pyridine rings is 1. The average molecular weight is 702 g/mol. The Hall–Kier alpha value is -4.81. The second-order valence-electron chi connectivity index (χ2n) is 14.5. The van der Waals surface area contributed by atoms with Gasteiger partial charge in [0.2, 0.25) is 11.8 Å². The van der Waals surface area contributed by atoms with Crippen molar-refractivity contribution in [2.75, 3.05) is 13.7 Å². The Morgan fingerprint density at radius 3 is 2.43 bits per heavy atom. The van der Waals surface area contributed by atoms with E-state index in [2.05, 4.69) is 10.6 Å². The molecule has 2 aliphatic heterocycles. The minimum absolute atomic E-state index is 0.0646. The number of rotatable bonds is 7. The topological polar surface area (TPSA) is 161 Å². The van der Waals surface area contributed by atoms with E-state index in [-0.39, 0.29) is 25.0 Å². The van der Waals surface area contributed by atoms with Crippen LogP contribution < -0.4 is 20.1 Å². The third-order valence-corrected chi connectivity index (χ3v) is 11.0. The van der Waals surface area contributed by atoms with Crippen LogP contribution in [0.1, 0.15) is 83.5 Å². The molecule has 2 aliphatic carbocycles. The molecule has 51 heavy (non-hydrogen) atoms. The fourth-order valence-corrected chi connectivity index (χ4v) is 8.07. The fraction of sp³-hybridized carbons (Fsp3) is 0.553. The minimum atomic E-state index is -1.35. The SMILES string of the molecule is COc1ccc2c(O[C@@H]3C[C@H]4C(=O)N[C@]5(C(=O)O)CC5CCCCCCC[C@H](NC(=O)OC5CCCC5)C(=O)N4C3)cc(-n3cccc3)nc2c1. The number of nitrogens with one attached hydrogen (secondary N) is 2. The lowest BCUT2D eigenvalue weighted by atomic mass is 10.0. The summed E-state index contributed by atoms with van der Waals surface area (Å²) in [5, 5.41) is 16.7. The summed E-state index contributed by atoms with van der Waals surface area (Å²) in [5.74, 6) is -0.382. The molecule has 2 saturated carbocycles. The van der Waals surface area contributed by atoms with Gasteiger partial charge >= 0.3 is 12.1 Å². The summed E-state index contributed by atoms with van der Waals surface area (Å²) in [6, 6.07) is 9.21. The van der Waals surface area contributed by atoms with E-state index in [1.165, 1.54) is 4.90 Å². The molecule has 272 valence electrons. The van der Waals surface area contributed by atoms with Crippen molar-refractivity contribution in [3.63, 3.8) is 0 Å². The number of ether oxygens (including phenoxy) is 3. The van der Waals surface area contributed by atoms with E-state index in [1.54, 1.807) is 7.11 Å². The molecule has 4 heterocycles. The minimum Gasteiger partial charge on any atom is -0.497 e. The zero-order chi connectivity index (χ0) is 35.5. The molecule has 0 bridgehead atoms. The molecule has 4 aliphatic rings. The highest BCUT2D eigenvalue weighted by molar-refractivity contribution is 5.96. The van der Waals surface area contributed by atoms with E-state index in [4.69, 9.17) is 19.2 Å². The van der Waals surface area contributed by atoms with Gasteiger partial charge in [-0.3, -0.25) is 9.59 Å². The van der Waals surface area contributed by atoms with Crippen molar-refractivity contribution < 1.29 is 38.5 Å². The van der Waals surface area contributed by atoms with Crippen LogP contribution in [0.15, 0.2) is 48.8 Å². The van der Waals surface area contributed by atoms with E-state index in [9.17, 15) is 24.3 Å². The number of aromatic nitrogens is 2. The van der Waals surface area contributed by atoms with Crippen LogP contribution in [0, 0.1) is 5.92 Å². The van der Waals surface area contributed by atoms with Crippen LogP contribution in [-0.4, -0.2) is 86.9 Å². The summed E-state index contributed by atoms with van der Waals surface area (Å²) >= 11 is 0. The molecular weight excluding hydrogens is 654 g/mol. The van der Waals surface area contributed by atoms with Crippen molar-refractivity contribution in [2.24, 2.45) is 5.92 Å².